The summed E-state index contributed by atoms with van der Waals surface area (Å²) in [6.07, 6.45) is -0.821. The minimum atomic E-state index is -1.34. The van der Waals surface area contributed by atoms with Crippen molar-refractivity contribution in [3.63, 3.8) is 0 Å². The summed E-state index contributed by atoms with van der Waals surface area (Å²) in [7, 11) is 1.67. The predicted molar refractivity (Wildman–Crippen MR) is 74.9 cm³/mol. The van der Waals surface area contributed by atoms with Gasteiger partial charge in [-0.05, 0) is 22.8 Å². The Morgan fingerprint density at radius 1 is 1.57 bits per heavy atom. The fraction of sp³-hybridized carbons (Fsp3) is 0.545. The summed E-state index contributed by atoms with van der Waals surface area (Å²) in [4.78, 5) is 25.1. The largest absolute Gasteiger partial charge is 1.00 e. The average Bonchev–Trinajstić information content (AvgIpc) is 2.97. The number of hydrogen-bond acceptors (Lipinski definition) is 9. The Kier molecular flexibility index (Phi) is 5.80. The molecule has 2 aliphatic rings. The number of fused-ring (bicyclic) bond motifs is 1. The number of aryl methyl sites for hydroxylation is 1. The second kappa shape index (κ2) is 7.11. The molecule has 1 unspecified atom stereocenters. The normalized spacial score (nSPS) is 29.0. The SMILES string of the molecule is C[C@H](O)[C@@H]1C(=O)N2C(C(=O)[O-])C(=CSc3nnnn3C)S[C@H]12.[Na+]. The van der Waals surface area contributed by atoms with Crippen LogP contribution in [-0.2, 0) is 16.6 Å². The van der Waals surface area contributed by atoms with E-state index in [4.69, 9.17) is 0 Å². The van der Waals surface area contributed by atoms with Crippen LogP contribution in [0.2, 0.25) is 0 Å². The molecule has 0 aromatic carbocycles. The molecule has 2 fully saturated rings. The van der Waals surface area contributed by atoms with Crippen molar-refractivity contribution in [3.05, 3.63) is 10.3 Å². The predicted octanol–water partition coefficient (Wildman–Crippen LogP) is -4.82. The molecule has 0 bridgehead atoms. The molecular weight excluding hydrogens is 353 g/mol. The van der Waals surface area contributed by atoms with E-state index in [1.54, 1.807) is 12.5 Å². The van der Waals surface area contributed by atoms with E-state index in [1.165, 1.54) is 40.0 Å². The van der Waals surface area contributed by atoms with Crippen molar-refractivity contribution >= 4 is 35.4 Å². The first-order valence-electron chi connectivity index (χ1n) is 6.38. The van der Waals surface area contributed by atoms with Gasteiger partial charge in [0.15, 0.2) is 0 Å². The van der Waals surface area contributed by atoms with Gasteiger partial charge in [0.25, 0.3) is 0 Å². The molecule has 3 rings (SSSR count). The Morgan fingerprint density at radius 3 is 2.78 bits per heavy atom. The van der Waals surface area contributed by atoms with Crippen molar-refractivity contribution in [2.75, 3.05) is 0 Å². The molecule has 9 nitrogen and oxygen atoms in total. The number of carbonyl (C=O) groups excluding carboxylic acids is 2. The van der Waals surface area contributed by atoms with Crippen LogP contribution in [0, 0.1) is 5.92 Å². The van der Waals surface area contributed by atoms with Crippen LogP contribution in [0.25, 0.3) is 0 Å². The third-order valence-corrected chi connectivity index (χ3v) is 5.98. The third kappa shape index (κ3) is 3.17. The molecule has 2 aliphatic heterocycles. The summed E-state index contributed by atoms with van der Waals surface area (Å²) >= 11 is 2.42. The number of hydrogen-bond donors (Lipinski definition) is 1. The van der Waals surface area contributed by atoms with Gasteiger partial charge in [0.1, 0.15) is 6.04 Å². The van der Waals surface area contributed by atoms with E-state index in [9.17, 15) is 19.8 Å². The molecule has 1 aromatic heterocycles. The Labute approximate surface area is 162 Å². The summed E-state index contributed by atoms with van der Waals surface area (Å²) in [5, 5.41) is 33.7. The number of aliphatic hydroxyl groups excluding tert-OH is 1. The molecule has 118 valence electrons. The number of nitrogens with zero attached hydrogens (tertiary/aromatic N) is 5. The number of tetrazole rings is 1. The molecule has 1 aromatic rings. The maximum absolute atomic E-state index is 12.0. The zero-order chi connectivity index (χ0) is 16.0. The fourth-order valence-electron chi connectivity index (χ4n) is 2.45. The van der Waals surface area contributed by atoms with Crippen LogP contribution >= 0.6 is 23.5 Å². The number of β-lactam (4-membered cyclic amide) rings is 1. The van der Waals surface area contributed by atoms with Crippen LogP contribution in [0.3, 0.4) is 0 Å². The molecule has 0 radical (unpaired) electrons. The maximum Gasteiger partial charge on any atom is 1.00 e. The summed E-state index contributed by atoms with van der Waals surface area (Å²) in [5.74, 6) is -2.29. The van der Waals surface area contributed by atoms with Crippen LogP contribution in [0.4, 0.5) is 0 Å². The fourth-order valence-corrected chi connectivity index (χ4v) is 4.89. The van der Waals surface area contributed by atoms with Crippen molar-refractivity contribution in [2.24, 2.45) is 13.0 Å². The number of amides is 1. The number of aromatic nitrogens is 4. The number of rotatable bonds is 4. The average molecular weight is 365 g/mol. The van der Waals surface area contributed by atoms with Crippen LogP contribution in [0.1, 0.15) is 6.92 Å². The van der Waals surface area contributed by atoms with E-state index in [1.807, 2.05) is 0 Å². The molecule has 4 atom stereocenters. The molecular formula is C11H12N5NaO4S2. The number of aliphatic hydroxyl groups is 1. The molecule has 2 saturated heterocycles. The quantitative estimate of drug-likeness (QED) is 0.318. The Morgan fingerprint density at radius 2 is 2.26 bits per heavy atom. The summed E-state index contributed by atoms with van der Waals surface area (Å²) < 4.78 is 1.45. The van der Waals surface area contributed by atoms with E-state index in [-0.39, 0.29) is 40.8 Å². The van der Waals surface area contributed by atoms with E-state index < -0.39 is 24.0 Å². The standard InChI is InChI=1S/C11H13N5O4S2.Na/c1-4(17)6-8(18)16-7(10(19)20)5(22-9(6)16)3-21-11-12-13-14-15(11)2;/h3-4,6-7,9,17H,1-2H3,(H,19,20);/q;+1/p-1/t4-,6+,7?,9+;/m0./s1. The van der Waals surface area contributed by atoms with E-state index >= 15 is 0 Å². The van der Waals surface area contributed by atoms with Crippen molar-refractivity contribution in [1.82, 2.24) is 25.1 Å². The summed E-state index contributed by atoms with van der Waals surface area (Å²) in [6, 6.07) is -1.12. The molecule has 1 amide bonds. The number of aliphatic carboxylic acids is 1. The van der Waals surface area contributed by atoms with Crippen molar-refractivity contribution in [3.8, 4) is 0 Å². The zero-order valence-corrected chi connectivity index (χ0v) is 16.2. The van der Waals surface area contributed by atoms with E-state index in [0.29, 0.717) is 10.1 Å². The Balaban J connectivity index is 0.00000192. The van der Waals surface area contributed by atoms with Gasteiger partial charge in [0.05, 0.1) is 23.4 Å². The minimum Gasteiger partial charge on any atom is -0.547 e. The van der Waals surface area contributed by atoms with Gasteiger partial charge in [-0.3, -0.25) is 4.79 Å². The van der Waals surface area contributed by atoms with E-state index in [0.717, 1.165) is 0 Å². The Hall–Kier alpha value is -0.590. The van der Waals surface area contributed by atoms with Crippen LogP contribution in [-0.4, -0.2) is 59.6 Å². The number of carboxylic acids is 1. The number of thioether (sulfide) groups is 2. The number of carboxylic acid groups (broad SMARTS) is 1. The van der Waals surface area contributed by atoms with E-state index in [2.05, 4.69) is 15.5 Å². The second-order valence-electron chi connectivity index (χ2n) is 4.97. The minimum absolute atomic E-state index is 0. The second-order valence-corrected chi connectivity index (χ2v) is 6.99. The van der Waals surface area contributed by atoms with Crippen LogP contribution in [0.5, 0.6) is 0 Å². The summed E-state index contributed by atoms with van der Waals surface area (Å²) in [5.41, 5.74) is 0. The molecule has 1 N–H and O–H groups in total. The van der Waals surface area contributed by atoms with Gasteiger partial charge in [0, 0.05) is 12.0 Å². The first-order chi connectivity index (χ1) is 10.4. The topological polar surface area (TPSA) is 124 Å². The van der Waals surface area contributed by atoms with Gasteiger partial charge < -0.3 is 19.9 Å². The summed E-state index contributed by atoms with van der Waals surface area (Å²) in [6.45, 7) is 1.52. The first kappa shape index (κ1) is 18.7. The van der Waals surface area contributed by atoms with Gasteiger partial charge in [-0.25, -0.2) is 4.68 Å². The molecule has 12 heteroatoms. The molecule has 3 heterocycles. The maximum atomic E-state index is 12.0. The molecule has 0 spiro atoms. The first-order valence-corrected chi connectivity index (χ1v) is 8.14. The monoisotopic (exact) mass is 365 g/mol. The van der Waals surface area contributed by atoms with Gasteiger partial charge in [0.2, 0.25) is 11.1 Å². The molecule has 0 aliphatic carbocycles. The third-order valence-electron chi connectivity index (χ3n) is 3.53. The van der Waals surface area contributed by atoms with Gasteiger partial charge in [-0.15, -0.1) is 16.9 Å². The molecule has 23 heavy (non-hydrogen) atoms. The smallest absolute Gasteiger partial charge is 0.547 e. The molecule has 0 saturated carbocycles. The van der Waals surface area contributed by atoms with Crippen LogP contribution in [0.15, 0.2) is 15.5 Å². The van der Waals surface area contributed by atoms with Gasteiger partial charge in [-0.2, -0.15) is 0 Å². The zero-order valence-electron chi connectivity index (χ0n) is 12.6. The van der Waals surface area contributed by atoms with Crippen molar-refractivity contribution in [2.45, 2.75) is 29.6 Å². The van der Waals surface area contributed by atoms with Gasteiger partial charge in [-0.1, -0.05) is 11.8 Å². The van der Waals surface area contributed by atoms with Crippen molar-refractivity contribution < 1.29 is 49.4 Å². The van der Waals surface area contributed by atoms with Crippen LogP contribution < -0.4 is 34.7 Å². The van der Waals surface area contributed by atoms with Gasteiger partial charge >= 0.3 is 29.6 Å². The number of carbonyl (C=O) groups is 2. The van der Waals surface area contributed by atoms with Crippen molar-refractivity contribution in [1.29, 1.82) is 0 Å². The Bertz CT molecular complexity index is 667.